The Morgan fingerprint density at radius 2 is 2.36 bits per heavy atom. The highest BCUT2D eigenvalue weighted by Crippen LogP contribution is 2.33. The van der Waals surface area contributed by atoms with Gasteiger partial charge in [0.2, 0.25) is 0 Å². The Labute approximate surface area is 130 Å². The molecule has 1 N–H and O–H groups in total. The van der Waals surface area contributed by atoms with Crippen LogP contribution in [0.5, 0.6) is 0 Å². The van der Waals surface area contributed by atoms with Gasteiger partial charge in [0, 0.05) is 39.0 Å². The summed E-state index contributed by atoms with van der Waals surface area (Å²) in [6.07, 6.45) is 7.31. The summed E-state index contributed by atoms with van der Waals surface area (Å²) in [5.74, 6) is 1.55. The Morgan fingerprint density at radius 3 is 3.05 bits per heavy atom. The van der Waals surface area contributed by atoms with E-state index in [9.17, 15) is 8.42 Å². The van der Waals surface area contributed by atoms with Crippen molar-refractivity contribution in [2.24, 2.45) is 7.05 Å². The van der Waals surface area contributed by atoms with Crippen LogP contribution in [0.4, 0.5) is 0 Å². The number of imidazole rings is 1. The second kappa shape index (κ2) is 6.23. The third-order valence-corrected chi connectivity index (χ3v) is 5.56. The van der Waals surface area contributed by atoms with Crippen molar-refractivity contribution in [3.05, 3.63) is 42.4 Å². The summed E-state index contributed by atoms with van der Waals surface area (Å²) in [7, 11) is -1.62. The number of rotatable bonds is 6. The third kappa shape index (κ3) is 3.08. The first-order valence-electron chi connectivity index (χ1n) is 7.34. The van der Waals surface area contributed by atoms with E-state index in [2.05, 4.69) is 9.71 Å². The lowest BCUT2D eigenvalue weighted by molar-refractivity contribution is 0.335. The van der Waals surface area contributed by atoms with Crippen LogP contribution in [0.3, 0.4) is 0 Å². The van der Waals surface area contributed by atoms with Crippen molar-refractivity contribution in [2.45, 2.75) is 25.3 Å². The molecule has 3 rings (SSSR count). The molecule has 2 aromatic rings. The van der Waals surface area contributed by atoms with E-state index in [0.717, 1.165) is 18.7 Å². The van der Waals surface area contributed by atoms with Gasteiger partial charge in [0.05, 0.1) is 12.3 Å². The first-order valence-corrected chi connectivity index (χ1v) is 8.78. The van der Waals surface area contributed by atoms with Crippen molar-refractivity contribution >= 4 is 10.2 Å². The molecule has 0 aliphatic carbocycles. The van der Waals surface area contributed by atoms with E-state index < -0.39 is 10.2 Å². The van der Waals surface area contributed by atoms with Gasteiger partial charge in [0.1, 0.15) is 11.6 Å². The summed E-state index contributed by atoms with van der Waals surface area (Å²) in [5.41, 5.74) is 0. The monoisotopic (exact) mass is 324 g/mol. The van der Waals surface area contributed by atoms with Gasteiger partial charge in [-0.3, -0.25) is 0 Å². The van der Waals surface area contributed by atoms with Gasteiger partial charge in [0.25, 0.3) is 10.2 Å². The second-order valence-electron chi connectivity index (χ2n) is 5.39. The molecular weight excluding hydrogens is 304 g/mol. The summed E-state index contributed by atoms with van der Waals surface area (Å²) >= 11 is 0. The fourth-order valence-electron chi connectivity index (χ4n) is 2.81. The van der Waals surface area contributed by atoms with Gasteiger partial charge in [-0.05, 0) is 25.0 Å². The van der Waals surface area contributed by atoms with Crippen LogP contribution in [0, 0.1) is 0 Å². The van der Waals surface area contributed by atoms with Gasteiger partial charge in [-0.25, -0.2) is 9.71 Å². The molecule has 1 saturated heterocycles. The number of nitrogens with one attached hydrogen (secondary N) is 1. The van der Waals surface area contributed by atoms with E-state index in [1.807, 2.05) is 23.9 Å². The zero-order valence-electron chi connectivity index (χ0n) is 12.5. The lowest BCUT2D eigenvalue weighted by atomic mass is 10.2. The number of aryl methyl sites for hydroxylation is 1. The normalized spacial score (nSPS) is 19.8. The second-order valence-corrected chi connectivity index (χ2v) is 7.10. The summed E-state index contributed by atoms with van der Waals surface area (Å²) in [6.45, 7) is 0.845. The number of aromatic nitrogens is 2. The Balaban J connectivity index is 1.63. The lowest BCUT2D eigenvalue weighted by Gasteiger charge is -2.22. The van der Waals surface area contributed by atoms with Gasteiger partial charge in [0.15, 0.2) is 0 Å². The van der Waals surface area contributed by atoms with E-state index in [1.165, 1.54) is 4.31 Å². The predicted octanol–water partition coefficient (Wildman–Crippen LogP) is 1.23. The molecule has 2 aromatic heterocycles. The molecular formula is C14H20N4O3S. The number of hydrogen-bond donors (Lipinski definition) is 1. The van der Waals surface area contributed by atoms with Crippen LogP contribution in [0.15, 0.2) is 35.2 Å². The Hall–Kier alpha value is -1.64. The van der Waals surface area contributed by atoms with Gasteiger partial charge in [-0.15, -0.1) is 0 Å². The highest BCUT2D eigenvalue weighted by molar-refractivity contribution is 7.87. The fraction of sp³-hybridized carbons (Fsp3) is 0.500. The van der Waals surface area contributed by atoms with Crippen molar-refractivity contribution in [3.63, 3.8) is 0 Å². The number of furan rings is 1. The molecule has 0 radical (unpaired) electrons. The molecule has 0 spiro atoms. The van der Waals surface area contributed by atoms with Crippen molar-refractivity contribution in [1.29, 1.82) is 0 Å². The molecule has 120 valence electrons. The quantitative estimate of drug-likeness (QED) is 0.866. The van der Waals surface area contributed by atoms with E-state index in [0.29, 0.717) is 25.3 Å². The highest BCUT2D eigenvalue weighted by atomic mass is 32.2. The minimum Gasteiger partial charge on any atom is -0.468 e. The summed E-state index contributed by atoms with van der Waals surface area (Å²) in [6, 6.07) is 3.40. The van der Waals surface area contributed by atoms with Crippen molar-refractivity contribution in [2.75, 3.05) is 13.1 Å². The fourth-order valence-corrected chi connectivity index (χ4v) is 4.24. The lowest BCUT2D eigenvalue weighted by Crippen LogP contribution is -2.41. The Morgan fingerprint density at radius 1 is 1.50 bits per heavy atom. The maximum Gasteiger partial charge on any atom is 0.280 e. The van der Waals surface area contributed by atoms with Crippen molar-refractivity contribution in [1.82, 2.24) is 18.6 Å². The van der Waals surface area contributed by atoms with Gasteiger partial charge < -0.3 is 8.98 Å². The summed E-state index contributed by atoms with van der Waals surface area (Å²) < 4.78 is 36.4. The van der Waals surface area contributed by atoms with E-state index in [4.69, 9.17) is 4.42 Å². The number of hydrogen-bond acceptors (Lipinski definition) is 4. The molecule has 1 aliphatic rings. The molecule has 1 aliphatic heterocycles. The van der Waals surface area contributed by atoms with Crippen LogP contribution < -0.4 is 4.72 Å². The Kier molecular flexibility index (Phi) is 4.32. The van der Waals surface area contributed by atoms with E-state index >= 15 is 0 Å². The topological polar surface area (TPSA) is 80.4 Å². The highest BCUT2D eigenvalue weighted by Gasteiger charge is 2.36. The molecule has 1 atom stereocenters. The molecule has 0 unspecified atom stereocenters. The standard InChI is InChI=1S/C14H20N4O3S/c1-17-10-8-15-14(17)6-7-16-22(19,20)18-9-2-4-12(18)13-5-3-11-21-13/h3,5,8,10-12,16H,2,4,6-7,9H2,1H3/t12-/m0/s1. The minimum atomic E-state index is -3.51. The van der Waals surface area contributed by atoms with Gasteiger partial charge in [-0.1, -0.05) is 0 Å². The molecule has 0 amide bonds. The van der Waals surface area contributed by atoms with Crippen LogP contribution >= 0.6 is 0 Å². The molecule has 8 heteroatoms. The largest absolute Gasteiger partial charge is 0.468 e. The van der Waals surface area contributed by atoms with Crippen LogP contribution in [0.1, 0.15) is 30.5 Å². The van der Waals surface area contributed by atoms with Crippen LogP contribution in [0.25, 0.3) is 0 Å². The van der Waals surface area contributed by atoms with Gasteiger partial charge >= 0.3 is 0 Å². The van der Waals surface area contributed by atoms with E-state index in [-0.39, 0.29) is 6.04 Å². The zero-order valence-corrected chi connectivity index (χ0v) is 13.3. The predicted molar refractivity (Wildman–Crippen MR) is 81.2 cm³/mol. The molecule has 0 aromatic carbocycles. The molecule has 0 saturated carbocycles. The van der Waals surface area contributed by atoms with Crippen LogP contribution in [-0.2, 0) is 23.7 Å². The first-order chi connectivity index (χ1) is 10.6. The number of nitrogens with zero attached hydrogens (tertiary/aromatic N) is 3. The van der Waals surface area contributed by atoms with Crippen LogP contribution in [0.2, 0.25) is 0 Å². The van der Waals surface area contributed by atoms with Crippen molar-refractivity contribution in [3.8, 4) is 0 Å². The van der Waals surface area contributed by atoms with E-state index in [1.54, 1.807) is 18.5 Å². The smallest absolute Gasteiger partial charge is 0.280 e. The molecule has 22 heavy (non-hydrogen) atoms. The van der Waals surface area contributed by atoms with Gasteiger partial charge in [-0.2, -0.15) is 12.7 Å². The SMILES string of the molecule is Cn1ccnc1CCNS(=O)(=O)N1CCC[C@H]1c1ccco1. The Bertz CT molecular complexity index is 708. The zero-order chi connectivity index (χ0) is 15.6. The minimum absolute atomic E-state index is 0.208. The molecule has 1 fully saturated rings. The molecule has 7 nitrogen and oxygen atoms in total. The molecule has 3 heterocycles. The summed E-state index contributed by atoms with van der Waals surface area (Å²) in [4.78, 5) is 4.19. The summed E-state index contributed by atoms with van der Waals surface area (Å²) in [5, 5.41) is 0. The van der Waals surface area contributed by atoms with Crippen LogP contribution in [-0.4, -0.2) is 35.4 Å². The van der Waals surface area contributed by atoms with Crippen molar-refractivity contribution < 1.29 is 12.8 Å². The third-order valence-electron chi connectivity index (χ3n) is 3.94. The maximum atomic E-state index is 12.5. The molecule has 0 bridgehead atoms. The first kappa shape index (κ1) is 15.3. The average Bonchev–Trinajstić information content (AvgIpc) is 3.18. The maximum absolute atomic E-state index is 12.5. The average molecular weight is 324 g/mol.